The van der Waals surface area contributed by atoms with Gasteiger partial charge in [0.05, 0.1) is 17.3 Å². The third-order valence-corrected chi connectivity index (χ3v) is 14.6. The molecule has 0 radical (unpaired) electrons. The van der Waals surface area contributed by atoms with Gasteiger partial charge in [-0.3, -0.25) is 24.0 Å². The maximum Gasteiger partial charge on any atom is 0.427 e. The highest BCUT2D eigenvalue weighted by Gasteiger charge is 2.63. The molecule has 314 valence electrons. The summed E-state index contributed by atoms with van der Waals surface area (Å²) in [5.74, 6) is -5.62. The number of halogens is 4. The number of carbonyl (C=O) groups excluding carboxylic acids is 4. The second-order valence-electron chi connectivity index (χ2n) is 17.2. The van der Waals surface area contributed by atoms with Gasteiger partial charge in [0.25, 0.3) is 5.91 Å². The van der Waals surface area contributed by atoms with E-state index in [1.165, 1.54) is 19.1 Å². The maximum atomic E-state index is 15.0. The quantitative estimate of drug-likeness (QED) is 0.228. The van der Waals surface area contributed by atoms with Gasteiger partial charge in [0.1, 0.15) is 23.4 Å². The van der Waals surface area contributed by atoms with Crippen molar-refractivity contribution in [1.82, 2.24) is 25.2 Å². The van der Waals surface area contributed by atoms with E-state index in [1.807, 2.05) is 13.0 Å². The molecule has 8 atom stereocenters. The van der Waals surface area contributed by atoms with E-state index < -0.39 is 104 Å². The number of nitrogens with zero attached hydrogens (tertiary/aromatic N) is 2. The lowest BCUT2D eigenvalue weighted by Crippen LogP contribution is -2.59. The van der Waals surface area contributed by atoms with Gasteiger partial charge in [-0.2, -0.15) is 13.2 Å². The molecule has 0 spiro atoms. The molecule has 1 saturated heterocycles. The minimum absolute atomic E-state index is 0.0388. The SMILES string of the molecule is C[C@@H]1CC/C=C\[C@@H]2C[C@@]2(C(=O)NS(=O)(=O)C2(C)CC2)NC(=O)[C@@H]2C[C@@H](C3c4cccc(F)c4CN3C(=O)O)CN2C(=O)[C@@H](NC(=O)OC(C)(C)C(F)(F)F)[C@H](C)C1. The van der Waals surface area contributed by atoms with Gasteiger partial charge in [-0.05, 0) is 89.2 Å². The molecule has 14 nitrogen and oxygen atoms in total. The van der Waals surface area contributed by atoms with Crippen LogP contribution in [-0.4, -0.2) is 93.9 Å². The lowest BCUT2D eigenvalue weighted by atomic mass is 9.88. The number of benzene rings is 1. The van der Waals surface area contributed by atoms with Gasteiger partial charge in [-0.25, -0.2) is 22.4 Å². The summed E-state index contributed by atoms with van der Waals surface area (Å²) in [6.07, 6.45) is -2.45. The molecule has 1 unspecified atom stereocenters. The molecule has 5 aliphatic rings. The van der Waals surface area contributed by atoms with E-state index in [-0.39, 0.29) is 37.4 Å². The van der Waals surface area contributed by atoms with E-state index in [0.717, 1.165) is 9.80 Å². The number of alkyl carbamates (subject to hydrolysis) is 1. The first kappa shape index (κ1) is 42.2. The van der Waals surface area contributed by atoms with Crippen LogP contribution in [0.5, 0.6) is 0 Å². The first-order valence-electron chi connectivity index (χ1n) is 19.1. The number of allylic oxidation sites excluding steroid dienone is 1. The van der Waals surface area contributed by atoms with E-state index in [1.54, 1.807) is 19.1 Å². The third-order valence-electron chi connectivity index (χ3n) is 12.5. The lowest BCUT2D eigenvalue weighted by Gasteiger charge is -2.34. The van der Waals surface area contributed by atoms with Crippen LogP contribution in [-0.2, 0) is 35.7 Å². The number of rotatable bonds is 6. The maximum absolute atomic E-state index is 15.0. The molecule has 19 heteroatoms. The number of carbonyl (C=O) groups is 5. The van der Waals surface area contributed by atoms with Crippen LogP contribution in [0, 0.1) is 29.5 Å². The van der Waals surface area contributed by atoms with E-state index >= 15 is 4.39 Å². The van der Waals surface area contributed by atoms with Crippen molar-refractivity contribution in [3.63, 3.8) is 0 Å². The number of carboxylic acid groups (broad SMARTS) is 1. The predicted molar refractivity (Wildman–Crippen MR) is 195 cm³/mol. The van der Waals surface area contributed by atoms with Gasteiger partial charge >= 0.3 is 18.4 Å². The van der Waals surface area contributed by atoms with Gasteiger partial charge in [0.15, 0.2) is 0 Å². The van der Waals surface area contributed by atoms with Gasteiger partial charge in [-0.1, -0.05) is 38.1 Å². The highest BCUT2D eigenvalue weighted by atomic mass is 32.2. The number of nitrogens with one attached hydrogen (secondary N) is 3. The molecule has 1 aromatic rings. The fraction of sp³-hybridized carbons (Fsp3) is 0.658. The normalized spacial score (nSPS) is 32.1. The summed E-state index contributed by atoms with van der Waals surface area (Å²) in [4.78, 5) is 71.1. The fourth-order valence-electron chi connectivity index (χ4n) is 8.41. The third kappa shape index (κ3) is 8.04. The molecular formula is C38H49F4N5O9S. The van der Waals surface area contributed by atoms with Crippen LogP contribution in [0.2, 0.25) is 0 Å². The fourth-order valence-corrected chi connectivity index (χ4v) is 9.72. The van der Waals surface area contributed by atoms with Crippen LogP contribution in [0.1, 0.15) is 96.7 Å². The number of hydrogen-bond acceptors (Lipinski definition) is 8. The molecule has 0 bridgehead atoms. The average Bonchev–Trinajstić information content (AvgIpc) is 3.90. The van der Waals surface area contributed by atoms with Crippen molar-refractivity contribution in [1.29, 1.82) is 0 Å². The first-order valence-corrected chi connectivity index (χ1v) is 20.6. The molecule has 2 saturated carbocycles. The van der Waals surface area contributed by atoms with Crippen molar-refractivity contribution in [2.75, 3.05) is 6.54 Å². The summed E-state index contributed by atoms with van der Waals surface area (Å²) in [5, 5.41) is 15.3. The average molecular weight is 828 g/mol. The molecule has 3 fully saturated rings. The summed E-state index contributed by atoms with van der Waals surface area (Å²) in [6, 6.07) is 0.143. The molecular weight excluding hydrogens is 779 g/mol. The molecule has 6 rings (SSSR count). The van der Waals surface area contributed by atoms with Crippen molar-refractivity contribution in [3.05, 3.63) is 47.3 Å². The number of ether oxygens (including phenoxy) is 1. The largest absolute Gasteiger partial charge is 0.465 e. The van der Waals surface area contributed by atoms with Crippen molar-refractivity contribution < 1.29 is 59.8 Å². The Morgan fingerprint density at radius 2 is 1.77 bits per heavy atom. The van der Waals surface area contributed by atoms with Crippen LogP contribution in [0.4, 0.5) is 27.2 Å². The smallest absolute Gasteiger partial charge is 0.427 e. The molecule has 5 amide bonds. The second-order valence-corrected chi connectivity index (χ2v) is 19.4. The van der Waals surface area contributed by atoms with Crippen molar-refractivity contribution >= 4 is 39.9 Å². The zero-order valence-electron chi connectivity index (χ0n) is 32.3. The number of fused-ring (bicyclic) bond motifs is 3. The molecule has 2 aliphatic carbocycles. The highest BCUT2D eigenvalue weighted by Crippen LogP contribution is 2.49. The monoisotopic (exact) mass is 827 g/mol. The Morgan fingerprint density at radius 3 is 2.40 bits per heavy atom. The Labute approximate surface area is 328 Å². The van der Waals surface area contributed by atoms with Crippen molar-refractivity contribution in [3.8, 4) is 0 Å². The van der Waals surface area contributed by atoms with E-state index in [2.05, 4.69) is 15.4 Å². The van der Waals surface area contributed by atoms with Gasteiger partial charge < -0.3 is 25.4 Å². The minimum Gasteiger partial charge on any atom is -0.465 e. The highest BCUT2D eigenvalue weighted by molar-refractivity contribution is 7.91. The summed E-state index contributed by atoms with van der Waals surface area (Å²) < 4.78 is 88.3. The summed E-state index contributed by atoms with van der Waals surface area (Å²) >= 11 is 0. The van der Waals surface area contributed by atoms with Crippen LogP contribution in [0.3, 0.4) is 0 Å². The zero-order chi connectivity index (χ0) is 42.0. The Morgan fingerprint density at radius 1 is 1.09 bits per heavy atom. The van der Waals surface area contributed by atoms with Crippen LogP contribution in [0.25, 0.3) is 0 Å². The van der Waals surface area contributed by atoms with Gasteiger partial charge in [0.2, 0.25) is 27.4 Å². The summed E-state index contributed by atoms with van der Waals surface area (Å²) in [5.41, 5.74) is -4.21. The second kappa shape index (κ2) is 14.8. The molecule has 3 heterocycles. The Hall–Kier alpha value is -4.42. The zero-order valence-corrected chi connectivity index (χ0v) is 33.1. The van der Waals surface area contributed by atoms with E-state index in [0.29, 0.717) is 51.5 Å². The number of hydrogen-bond donors (Lipinski definition) is 4. The Kier molecular flexibility index (Phi) is 10.9. The Bertz CT molecular complexity index is 1970. The number of amides is 5. The van der Waals surface area contributed by atoms with Crippen molar-refractivity contribution in [2.45, 2.75) is 126 Å². The number of sulfonamides is 1. The summed E-state index contributed by atoms with van der Waals surface area (Å²) in [6.45, 7) is 5.71. The topological polar surface area (TPSA) is 192 Å². The predicted octanol–water partition coefficient (Wildman–Crippen LogP) is 4.90. The molecule has 57 heavy (non-hydrogen) atoms. The number of alkyl halides is 3. The van der Waals surface area contributed by atoms with E-state index in [4.69, 9.17) is 4.74 Å². The minimum atomic E-state index is -4.96. The van der Waals surface area contributed by atoms with Crippen LogP contribution < -0.4 is 15.4 Å². The standard InChI is InChI=1S/C38H49F4N5O9S/c1-20-9-6-7-10-23-17-37(23,32(50)45-57(54,55)36(5)13-14-36)44-30(48)27-16-22(29-24-11-8-12-26(39)25(24)19-47(29)34(52)53)18-46(27)31(49)28(21(2)15-20)43-33(51)56-35(3,4)38(40,41)42/h7-8,10-12,20-23,27-29H,6,9,13-19H2,1-5H3,(H,43,51)(H,44,48)(H,45,50)(H,52,53)/b10-7-/t20-,21-,22-,23-,27+,28+,29?,37-/m1/s1. The lowest BCUT2D eigenvalue weighted by molar-refractivity contribution is -0.244. The summed E-state index contributed by atoms with van der Waals surface area (Å²) in [7, 11) is -4.13. The molecule has 0 aromatic heterocycles. The van der Waals surface area contributed by atoms with E-state index in [9.17, 15) is 50.7 Å². The van der Waals surface area contributed by atoms with Crippen LogP contribution in [0.15, 0.2) is 30.4 Å². The Balaban J connectivity index is 1.39. The van der Waals surface area contributed by atoms with Crippen molar-refractivity contribution in [2.24, 2.45) is 23.7 Å². The van der Waals surface area contributed by atoms with Gasteiger partial charge in [0, 0.05) is 23.9 Å². The molecule has 1 aromatic carbocycles. The first-order chi connectivity index (χ1) is 26.4. The van der Waals surface area contributed by atoms with Crippen LogP contribution >= 0.6 is 0 Å². The van der Waals surface area contributed by atoms with Gasteiger partial charge in [-0.15, -0.1) is 0 Å². The molecule has 3 aliphatic heterocycles. The molecule has 4 N–H and O–H groups in total.